The fourth-order valence-electron chi connectivity index (χ4n) is 4.25. The molecule has 27 heavy (non-hydrogen) atoms. The molecule has 0 spiro atoms. The summed E-state index contributed by atoms with van der Waals surface area (Å²) in [5.74, 6) is 0. The number of cyclic esters (lactones) is 1. The molecule has 0 aromatic heterocycles. The Balaban J connectivity index is 2.35. The number of unbranched alkanes of at least 4 members (excludes halogenated alkanes) is 3. The minimum atomic E-state index is -2.74. The molecule has 1 aromatic carbocycles. The van der Waals surface area contributed by atoms with E-state index in [-0.39, 0.29) is 12.1 Å². The molecule has 2 rings (SSSR count). The second-order valence-corrected chi connectivity index (χ2v) is 21.1. The monoisotopic (exact) mass is 479 g/mol. The van der Waals surface area contributed by atoms with Gasteiger partial charge in [0, 0.05) is 0 Å². The average molecular weight is 478 g/mol. The third-order valence-electron chi connectivity index (χ3n) is 5.99. The first-order valence-corrected chi connectivity index (χ1v) is 18.3. The van der Waals surface area contributed by atoms with Crippen molar-refractivity contribution < 1.29 is 9.53 Å². The first-order chi connectivity index (χ1) is 13.1. The summed E-state index contributed by atoms with van der Waals surface area (Å²) < 4.78 is 10.7. The van der Waals surface area contributed by atoms with Crippen molar-refractivity contribution in [1.29, 1.82) is 0 Å². The van der Waals surface area contributed by atoms with Crippen LogP contribution in [-0.4, -0.2) is 36.0 Å². The van der Waals surface area contributed by atoms with Gasteiger partial charge in [-0.3, -0.25) is 0 Å². The van der Waals surface area contributed by atoms with E-state index in [9.17, 15) is 4.79 Å². The van der Waals surface area contributed by atoms with Crippen molar-refractivity contribution >= 4 is 24.5 Å². The number of nitrogens with zero attached hydrogens (tertiary/aromatic N) is 1. The standard InChI is InChI=1S/C11H10NO2.3C4H9.Sn/c1-2-12-10(8-14-11(12)13)9-6-4-3-5-7-9;3*1-3-4-2;/h3-7,10H,1,8H2;3*1,3-4H2,2H3;/t10-;;;;/m0..../s1. The van der Waals surface area contributed by atoms with Crippen molar-refractivity contribution in [3.63, 3.8) is 0 Å². The predicted molar refractivity (Wildman–Crippen MR) is 116 cm³/mol. The quantitative estimate of drug-likeness (QED) is 0.301. The summed E-state index contributed by atoms with van der Waals surface area (Å²) in [6, 6.07) is 10.3. The van der Waals surface area contributed by atoms with Crippen molar-refractivity contribution in [2.24, 2.45) is 0 Å². The van der Waals surface area contributed by atoms with Gasteiger partial charge in [0.05, 0.1) is 0 Å². The number of hydrogen-bond acceptors (Lipinski definition) is 2. The Labute approximate surface area is 170 Å². The van der Waals surface area contributed by atoms with E-state index in [2.05, 4.69) is 39.5 Å². The molecule has 4 heteroatoms. The van der Waals surface area contributed by atoms with Crippen LogP contribution in [0.1, 0.15) is 70.9 Å². The Morgan fingerprint density at radius 3 is 2.04 bits per heavy atom. The van der Waals surface area contributed by atoms with E-state index in [0.717, 1.165) is 5.56 Å². The van der Waals surface area contributed by atoms with Crippen LogP contribution in [0.3, 0.4) is 0 Å². The summed E-state index contributed by atoms with van der Waals surface area (Å²) >= 11 is -2.74. The van der Waals surface area contributed by atoms with Gasteiger partial charge in [0.15, 0.2) is 0 Å². The van der Waals surface area contributed by atoms with Gasteiger partial charge in [-0.25, -0.2) is 0 Å². The van der Waals surface area contributed by atoms with E-state index >= 15 is 0 Å². The van der Waals surface area contributed by atoms with Crippen molar-refractivity contribution in [2.75, 3.05) is 6.61 Å². The van der Waals surface area contributed by atoms with Gasteiger partial charge < -0.3 is 0 Å². The Morgan fingerprint density at radius 1 is 1.04 bits per heavy atom. The molecule has 0 bridgehead atoms. The van der Waals surface area contributed by atoms with Crippen LogP contribution in [0.15, 0.2) is 40.6 Å². The Hall–Kier alpha value is -0.971. The number of rotatable bonds is 12. The summed E-state index contributed by atoms with van der Waals surface area (Å²) in [6.45, 7) is 11.9. The van der Waals surface area contributed by atoms with Gasteiger partial charge in [-0.05, 0) is 0 Å². The molecule has 3 nitrogen and oxygen atoms in total. The molecule has 1 saturated heterocycles. The predicted octanol–water partition coefficient (Wildman–Crippen LogP) is 7.08. The fraction of sp³-hybridized carbons (Fsp3) is 0.609. The van der Waals surface area contributed by atoms with Crippen LogP contribution < -0.4 is 0 Å². The maximum atomic E-state index is 12.7. The van der Waals surface area contributed by atoms with Crippen LogP contribution >= 0.6 is 0 Å². The van der Waals surface area contributed by atoms with E-state index in [1.807, 2.05) is 23.1 Å². The van der Waals surface area contributed by atoms with E-state index in [0.29, 0.717) is 6.61 Å². The molecule has 0 saturated carbocycles. The first kappa shape index (κ1) is 22.3. The molecule has 1 aliphatic rings. The molecule has 1 aliphatic heterocycles. The van der Waals surface area contributed by atoms with Crippen molar-refractivity contribution in [3.05, 3.63) is 46.2 Å². The third-order valence-corrected chi connectivity index (χ3v) is 21.4. The summed E-state index contributed by atoms with van der Waals surface area (Å²) in [5, 5.41) is 0. The second-order valence-electron chi connectivity index (χ2n) is 7.91. The molecule has 0 radical (unpaired) electrons. The van der Waals surface area contributed by atoms with Gasteiger partial charge in [0.1, 0.15) is 0 Å². The van der Waals surface area contributed by atoms with Crippen LogP contribution in [0.25, 0.3) is 0 Å². The average Bonchev–Trinajstić information content (AvgIpc) is 3.09. The molecule has 1 aromatic rings. The molecule has 0 N–H and O–H groups in total. The van der Waals surface area contributed by atoms with E-state index in [1.165, 1.54) is 55.5 Å². The number of carbonyl (C=O) groups excluding carboxylic acids is 1. The molecular formula is C23H37NO2Sn. The zero-order valence-electron chi connectivity index (χ0n) is 17.5. The molecule has 0 aliphatic carbocycles. The van der Waals surface area contributed by atoms with E-state index in [1.54, 1.807) is 0 Å². The Kier molecular flexibility index (Phi) is 9.20. The number of ether oxygens (including phenoxy) is 1. The molecule has 1 amide bonds. The first-order valence-electron chi connectivity index (χ1n) is 10.8. The topological polar surface area (TPSA) is 29.5 Å². The fourth-order valence-corrected chi connectivity index (χ4v) is 19.8. The molecular weight excluding hydrogens is 441 g/mol. The number of amides is 1. The minimum absolute atomic E-state index is 0.00726. The zero-order chi connectivity index (χ0) is 19.7. The van der Waals surface area contributed by atoms with Crippen molar-refractivity contribution in [3.8, 4) is 0 Å². The third kappa shape index (κ3) is 5.52. The summed E-state index contributed by atoms with van der Waals surface area (Å²) in [6.07, 6.45) is 7.27. The molecule has 150 valence electrons. The van der Waals surface area contributed by atoms with Gasteiger partial charge in [-0.2, -0.15) is 0 Å². The summed E-state index contributed by atoms with van der Waals surface area (Å²) in [7, 11) is 0. The summed E-state index contributed by atoms with van der Waals surface area (Å²) in [4.78, 5) is 14.7. The van der Waals surface area contributed by atoms with Gasteiger partial charge in [0.2, 0.25) is 0 Å². The van der Waals surface area contributed by atoms with Crippen LogP contribution in [0.4, 0.5) is 4.79 Å². The number of hydrogen-bond donors (Lipinski definition) is 0. The van der Waals surface area contributed by atoms with E-state index in [4.69, 9.17) is 4.74 Å². The van der Waals surface area contributed by atoms with Crippen LogP contribution in [0.2, 0.25) is 13.3 Å². The van der Waals surface area contributed by atoms with Gasteiger partial charge in [-0.15, -0.1) is 0 Å². The SMILES string of the molecule is C=[C](N1C(=O)OC[C@H]1c1ccccc1)[Sn]([CH2]CCC)([CH2]CCC)[CH2]CCC. The zero-order valence-corrected chi connectivity index (χ0v) is 20.4. The van der Waals surface area contributed by atoms with E-state index < -0.39 is 18.4 Å². The summed E-state index contributed by atoms with van der Waals surface area (Å²) in [5.41, 5.74) is 1.16. The van der Waals surface area contributed by atoms with Crippen LogP contribution in [0.5, 0.6) is 0 Å². The normalized spacial score (nSPS) is 17.2. The molecule has 0 unspecified atom stereocenters. The second kappa shape index (κ2) is 11.1. The molecule has 1 heterocycles. The van der Waals surface area contributed by atoms with Crippen molar-refractivity contribution in [1.82, 2.24) is 4.90 Å². The van der Waals surface area contributed by atoms with Gasteiger partial charge in [-0.1, -0.05) is 0 Å². The number of carbonyl (C=O) groups is 1. The Bertz CT molecular complexity index is 580. The van der Waals surface area contributed by atoms with Gasteiger partial charge >= 0.3 is 170 Å². The molecule has 1 atom stereocenters. The van der Waals surface area contributed by atoms with Crippen LogP contribution in [0, 0.1) is 0 Å². The molecule has 1 fully saturated rings. The maximum absolute atomic E-state index is 12.7. The van der Waals surface area contributed by atoms with Gasteiger partial charge in [0.25, 0.3) is 0 Å². The number of benzene rings is 1. The van der Waals surface area contributed by atoms with Crippen LogP contribution in [-0.2, 0) is 4.74 Å². The Morgan fingerprint density at radius 2 is 1.56 bits per heavy atom. The van der Waals surface area contributed by atoms with Crippen molar-refractivity contribution in [2.45, 2.75) is 78.6 Å².